The number of H-pyrrole nitrogens is 1. The van der Waals surface area contributed by atoms with Gasteiger partial charge in [0.15, 0.2) is 17.5 Å². The van der Waals surface area contributed by atoms with Gasteiger partial charge in [0.2, 0.25) is 5.82 Å². The van der Waals surface area contributed by atoms with Gasteiger partial charge in [0.25, 0.3) is 0 Å². The smallest absolute Gasteiger partial charge is 0.218 e. The molecule has 0 atom stereocenters. The Bertz CT molecular complexity index is 1430. The molecule has 32 heavy (non-hydrogen) atoms. The molecule has 162 valence electrons. The van der Waals surface area contributed by atoms with Crippen LogP contribution in [-0.4, -0.2) is 44.1 Å². The zero-order valence-electron chi connectivity index (χ0n) is 18.2. The molecule has 0 aromatic carbocycles. The minimum Gasteiger partial charge on any atom is -0.331 e. The predicted octanol–water partition coefficient (Wildman–Crippen LogP) is 3.57. The van der Waals surface area contributed by atoms with Crippen molar-refractivity contribution in [1.29, 1.82) is 0 Å². The fourth-order valence-corrected chi connectivity index (χ4v) is 4.26. The molecule has 1 saturated carbocycles. The van der Waals surface area contributed by atoms with E-state index in [-0.39, 0.29) is 0 Å². The van der Waals surface area contributed by atoms with Crippen LogP contribution in [0.5, 0.6) is 0 Å². The molecule has 0 saturated heterocycles. The molecule has 10 nitrogen and oxygen atoms in total. The number of aryl methyl sites for hydroxylation is 3. The summed E-state index contributed by atoms with van der Waals surface area (Å²) in [4.78, 5) is 9.29. The molecule has 6 rings (SSSR count). The lowest BCUT2D eigenvalue weighted by atomic mass is 9.83. The minimum absolute atomic E-state index is 0.532. The molecule has 5 aromatic rings. The minimum atomic E-state index is 0.532. The predicted molar refractivity (Wildman–Crippen MR) is 121 cm³/mol. The zero-order valence-corrected chi connectivity index (χ0v) is 18.2. The second-order valence-electron chi connectivity index (χ2n) is 8.44. The summed E-state index contributed by atoms with van der Waals surface area (Å²) in [6, 6.07) is 4.08. The van der Waals surface area contributed by atoms with Gasteiger partial charge in [0, 0.05) is 62.1 Å². The summed E-state index contributed by atoms with van der Waals surface area (Å²) in [5, 5.41) is 20.4. The largest absolute Gasteiger partial charge is 0.331 e. The van der Waals surface area contributed by atoms with Gasteiger partial charge in [-0.15, -0.1) is 5.10 Å². The maximum atomic E-state index is 4.85. The van der Waals surface area contributed by atoms with E-state index in [1.165, 1.54) is 25.0 Å². The lowest BCUT2D eigenvalue weighted by Crippen LogP contribution is -2.08. The Labute approximate surface area is 184 Å². The van der Waals surface area contributed by atoms with E-state index < -0.39 is 0 Å². The number of aromatic amines is 1. The molecule has 2 N–H and O–H groups in total. The van der Waals surface area contributed by atoms with Gasteiger partial charge in [0.05, 0.1) is 5.69 Å². The number of hydrogen-bond acceptors (Lipinski definition) is 6. The normalized spacial score (nSPS) is 14.2. The fourth-order valence-electron chi connectivity index (χ4n) is 4.26. The lowest BCUT2D eigenvalue weighted by molar-refractivity contribution is 0.410. The summed E-state index contributed by atoms with van der Waals surface area (Å²) < 4.78 is 5.56. The average molecular weight is 429 g/mol. The maximum absolute atomic E-state index is 4.85. The third kappa shape index (κ3) is 2.98. The first kappa shape index (κ1) is 18.8. The second kappa shape index (κ2) is 7.04. The molecule has 0 radical (unpaired) electrons. The summed E-state index contributed by atoms with van der Waals surface area (Å²) in [6.07, 6.45) is 11.3. The van der Waals surface area contributed by atoms with E-state index in [2.05, 4.69) is 38.6 Å². The van der Waals surface area contributed by atoms with E-state index in [4.69, 9.17) is 10.1 Å². The van der Waals surface area contributed by atoms with Crippen molar-refractivity contribution < 1.29 is 0 Å². The van der Waals surface area contributed by atoms with Gasteiger partial charge in [-0.3, -0.25) is 9.78 Å². The zero-order chi connectivity index (χ0) is 21.8. The number of nitrogens with zero attached hydrogens (tertiary/aromatic N) is 8. The highest BCUT2D eigenvalue weighted by atomic mass is 15.3. The van der Waals surface area contributed by atoms with Crippen LogP contribution >= 0.6 is 0 Å². The summed E-state index contributed by atoms with van der Waals surface area (Å²) in [5.74, 6) is 3.24. The Balaban J connectivity index is 1.50. The summed E-state index contributed by atoms with van der Waals surface area (Å²) in [6.45, 7) is 2.07. The van der Waals surface area contributed by atoms with E-state index in [0.29, 0.717) is 23.4 Å². The average Bonchev–Trinajstić information content (AvgIpc) is 3.50. The first-order valence-corrected chi connectivity index (χ1v) is 10.8. The Morgan fingerprint density at radius 3 is 2.72 bits per heavy atom. The van der Waals surface area contributed by atoms with Crippen LogP contribution in [0.3, 0.4) is 0 Å². The van der Waals surface area contributed by atoms with Crippen LogP contribution < -0.4 is 5.32 Å². The van der Waals surface area contributed by atoms with Crippen LogP contribution in [0.2, 0.25) is 0 Å². The first-order valence-electron chi connectivity index (χ1n) is 10.8. The van der Waals surface area contributed by atoms with E-state index in [1.54, 1.807) is 10.9 Å². The molecular weight excluding hydrogens is 404 g/mol. The van der Waals surface area contributed by atoms with Gasteiger partial charge in [0.1, 0.15) is 5.52 Å². The molecule has 5 aromatic heterocycles. The number of imidazole rings is 1. The molecular formula is C22H24N10. The van der Waals surface area contributed by atoms with Crippen molar-refractivity contribution in [3.8, 4) is 22.9 Å². The number of hydrogen-bond donors (Lipinski definition) is 2. The lowest BCUT2D eigenvalue weighted by Gasteiger charge is -2.23. The van der Waals surface area contributed by atoms with Gasteiger partial charge < -0.3 is 9.88 Å². The number of nitrogens with one attached hydrogen (secondary N) is 2. The highest BCUT2D eigenvalue weighted by Gasteiger charge is 2.23. The van der Waals surface area contributed by atoms with Crippen molar-refractivity contribution in [3.63, 3.8) is 0 Å². The standard InChI is InChI=1S/C22H24N10/c1-13-15(16-7-9-31(3)28-16)12-32-19(13)20(25-21(29-32)22-23-8-10-30(22)2)24-18-11-17(26-27-18)14-5-4-6-14/h7-12,14H,4-6H2,1-3H3,(H2,24,25,26,27,29). The third-order valence-electron chi connectivity index (χ3n) is 6.28. The summed E-state index contributed by atoms with van der Waals surface area (Å²) in [5.41, 5.74) is 5.02. The van der Waals surface area contributed by atoms with Crippen molar-refractivity contribution in [2.45, 2.75) is 32.1 Å². The maximum Gasteiger partial charge on any atom is 0.218 e. The van der Waals surface area contributed by atoms with Crippen molar-refractivity contribution in [2.75, 3.05) is 5.32 Å². The SMILES string of the molecule is Cc1c(-c2ccn(C)n2)cn2nc(-c3nccn3C)nc(Nc3cc(C4CCC4)[nH]n3)c12. The summed E-state index contributed by atoms with van der Waals surface area (Å²) in [7, 11) is 3.85. The van der Waals surface area contributed by atoms with Gasteiger partial charge in [-0.2, -0.15) is 10.2 Å². The molecule has 10 heteroatoms. The van der Waals surface area contributed by atoms with Crippen LogP contribution in [-0.2, 0) is 14.1 Å². The number of fused-ring (bicyclic) bond motifs is 1. The topological polar surface area (TPSA) is 107 Å². The Morgan fingerprint density at radius 1 is 1.16 bits per heavy atom. The quantitative estimate of drug-likeness (QED) is 0.443. The fraction of sp³-hybridized carbons (Fsp3) is 0.318. The third-order valence-corrected chi connectivity index (χ3v) is 6.28. The second-order valence-corrected chi connectivity index (χ2v) is 8.44. The molecule has 0 aliphatic heterocycles. The van der Waals surface area contributed by atoms with Gasteiger partial charge >= 0.3 is 0 Å². The Morgan fingerprint density at radius 2 is 2.03 bits per heavy atom. The molecule has 0 spiro atoms. The van der Waals surface area contributed by atoms with E-state index >= 15 is 0 Å². The van der Waals surface area contributed by atoms with Crippen molar-refractivity contribution in [3.05, 3.63) is 48.2 Å². The van der Waals surface area contributed by atoms with Crippen LogP contribution in [0.15, 0.2) is 36.9 Å². The number of aromatic nitrogens is 9. The van der Waals surface area contributed by atoms with Gasteiger partial charge in [-0.25, -0.2) is 14.5 Å². The summed E-state index contributed by atoms with van der Waals surface area (Å²) >= 11 is 0. The van der Waals surface area contributed by atoms with Gasteiger partial charge in [-0.05, 0) is 31.4 Å². The van der Waals surface area contributed by atoms with E-state index in [0.717, 1.165) is 28.2 Å². The molecule has 1 aliphatic carbocycles. The van der Waals surface area contributed by atoms with Crippen LogP contribution in [0.4, 0.5) is 11.6 Å². The molecule has 1 aliphatic rings. The van der Waals surface area contributed by atoms with Crippen LogP contribution in [0.25, 0.3) is 28.4 Å². The molecule has 0 amide bonds. The highest BCUT2D eigenvalue weighted by Crippen LogP contribution is 2.37. The monoisotopic (exact) mass is 428 g/mol. The van der Waals surface area contributed by atoms with Crippen molar-refractivity contribution in [1.82, 2.24) is 44.1 Å². The molecule has 1 fully saturated rings. The van der Waals surface area contributed by atoms with Crippen LogP contribution in [0, 0.1) is 6.92 Å². The van der Waals surface area contributed by atoms with Crippen molar-refractivity contribution in [2.24, 2.45) is 14.1 Å². The number of anilines is 2. The Hall–Kier alpha value is -3.95. The Kier molecular flexibility index (Phi) is 4.14. The molecule has 0 unspecified atom stereocenters. The van der Waals surface area contributed by atoms with E-state index in [1.807, 2.05) is 47.8 Å². The first-order chi connectivity index (χ1) is 15.6. The van der Waals surface area contributed by atoms with Crippen molar-refractivity contribution >= 4 is 17.2 Å². The molecule has 0 bridgehead atoms. The van der Waals surface area contributed by atoms with Crippen LogP contribution in [0.1, 0.15) is 36.4 Å². The molecule has 5 heterocycles. The van der Waals surface area contributed by atoms with Gasteiger partial charge in [-0.1, -0.05) is 6.42 Å². The van der Waals surface area contributed by atoms with E-state index in [9.17, 15) is 0 Å². The number of rotatable bonds is 5. The highest BCUT2D eigenvalue weighted by molar-refractivity contribution is 5.84.